The Kier molecular flexibility index (Phi) is 4.83. The largest absolute Gasteiger partial charge is 0.460 e. The Hall–Kier alpha value is -2.69. The summed E-state index contributed by atoms with van der Waals surface area (Å²) in [6, 6.07) is 12.7. The third-order valence-corrected chi connectivity index (χ3v) is 2.49. The zero-order valence-electron chi connectivity index (χ0n) is 10.8. The van der Waals surface area contributed by atoms with Crippen molar-refractivity contribution in [1.29, 1.82) is 0 Å². The van der Waals surface area contributed by atoms with Crippen molar-refractivity contribution in [3.05, 3.63) is 60.4 Å². The fourth-order valence-corrected chi connectivity index (χ4v) is 1.56. The summed E-state index contributed by atoms with van der Waals surface area (Å²) in [6.45, 7) is 0.167. The monoisotopic (exact) mass is 270 g/mol. The number of esters is 1. The number of aromatic nitrogens is 1. The van der Waals surface area contributed by atoms with E-state index in [0.29, 0.717) is 5.69 Å². The van der Waals surface area contributed by atoms with Gasteiger partial charge in [0.2, 0.25) is 5.91 Å². The Labute approximate surface area is 116 Å². The van der Waals surface area contributed by atoms with Crippen molar-refractivity contribution in [2.24, 2.45) is 0 Å². The van der Waals surface area contributed by atoms with Gasteiger partial charge in [-0.15, -0.1) is 0 Å². The lowest BCUT2D eigenvalue weighted by Crippen LogP contribution is -2.18. The summed E-state index contributed by atoms with van der Waals surface area (Å²) in [6.07, 6.45) is 2.79. The van der Waals surface area contributed by atoms with Crippen molar-refractivity contribution in [2.45, 2.75) is 13.0 Å². The second-order valence-electron chi connectivity index (χ2n) is 4.11. The number of pyridine rings is 1. The predicted molar refractivity (Wildman–Crippen MR) is 73.7 cm³/mol. The highest BCUT2D eigenvalue weighted by Gasteiger charge is 2.11. The minimum atomic E-state index is -0.560. The van der Waals surface area contributed by atoms with Crippen molar-refractivity contribution in [3.63, 3.8) is 0 Å². The van der Waals surface area contributed by atoms with Crippen LogP contribution in [0.2, 0.25) is 0 Å². The van der Waals surface area contributed by atoms with E-state index in [-0.39, 0.29) is 13.0 Å². The molecule has 0 fully saturated rings. The van der Waals surface area contributed by atoms with Crippen LogP contribution in [0.5, 0.6) is 0 Å². The first-order valence-electron chi connectivity index (χ1n) is 6.13. The van der Waals surface area contributed by atoms with Gasteiger partial charge in [0, 0.05) is 6.20 Å². The van der Waals surface area contributed by atoms with E-state index in [1.807, 2.05) is 30.3 Å². The summed E-state index contributed by atoms with van der Waals surface area (Å²) >= 11 is 0. The molecule has 5 nitrogen and oxygen atoms in total. The molecule has 2 aromatic rings. The number of hydrogen-bond donors (Lipinski definition) is 1. The van der Waals surface area contributed by atoms with E-state index in [0.717, 1.165) is 5.56 Å². The molecule has 0 bridgehead atoms. The zero-order valence-corrected chi connectivity index (χ0v) is 10.8. The molecule has 0 unspecified atom stereocenters. The molecule has 0 saturated heterocycles. The van der Waals surface area contributed by atoms with Gasteiger partial charge < -0.3 is 10.1 Å². The van der Waals surface area contributed by atoms with Crippen LogP contribution in [0.3, 0.4) is 0 Å². The Morgan fingerprint density at radius 1 is 1.10 bits per heavy atom. The molecule has 5 heteroatoms. The number of anilines is 1. The molecule has 0 saturated carbocycles. The van der Waals surface area contributed by atoms with Crippen LogP contribution >= 0.6 is 0 Å². The topological polar surface area (TPSA) is 68.3 Å². The molecular formula is C15H14N2O3. The molecule has 0 aliphatic heterocycles. The summed E-state index contributed by atoms with van der Waals surface area (Å²) in [5.41, 5.74) is 1.43. The van der Waals surface area contributed by atoms with E-state index in [4.69, 9.17) is 4.74 Å². The first-order chi connectivity index (χ1) is 9.74. The quantitative estimate of drug-likeness (QED) is 0.667. The number of ether oxygens (including phenoxy) is 1. The van der Waals surface area contributed by atoms with Crippen molar-refractivity contribution in [3.8, 4) is 0 Å². The van der Waals surface area contributed by atoms with Gasteiger partial charge in [-0.25, -0.2) is 0 Å². The fraction of sp³-hybridized carbons (Fsp3) is 0.133. The fourth-order valence-electron chi connectivity index (χ4n) is 1.56. The molecule has 1 heterocycles. The Morgan fingerprint density at radius 2 is 1.90 bits per heavy atom. The summed E-state index contributed by atoms with van der Waals surface area (Å²) in [5.74, 6) is -0.980. The van der Waals surface area contributed by atoms with Crippen LogP contribution in [-0.2, 0) is 20.9 Å². The molecule has 0 spiro atoms. The second-order valence-corrected chi connectivity index (χ2v) is 4.11. The lowest BCUT2D eigenvalue weighted by molar-refractivity contribution is -0.146. The summed E-state index contributed by atoms with van der Waals surface area (Å²) in [5, 5.41) is 2.57. The van der Waals surface area contributed by atoms with E-state index in [9.17, 15) is 9.59 Å². The smallest absolute Gasteiger partial charge is 0.315 e. The molecule has 0 aliphatic rings. The van der Waals surface area contributed by atoms with Crippen molar-refractivity contribution >= 4 is 17.6 Å². The van der Waals surface area contributed by atoms with Gasteiger partial charge in [0.25, 0.3) is 0 Å². The molecular weight excluding hydrogens is 256 g/mol. The number of amides is 1. The van der Waals surface area contributed by atoms with Crippen LogP contribution in [-0.4, -0.2) is 16.9 Å². The van der Waals surface area contributed by atoms with Crippen LogP contribution in [0.1, 0.15) is 12.0 Å². The first kappa shape index (κ1) is 13.7. The Balaban J connectivity index is 1.75. The van der Waals surface area contributed by atoms with Gasteiger partial charge in [-0.1, -0.05) is 30.3 Å². The Morgan fingerprint density at radius 3 is 2.60 bits per heavy atom. The second kappa shape index (κ2) is 7.04. The van der Waals surface area contributed by atoms with Gasteiger partial charge in [-0.05, 0) is 17.7 Å². The third-order valence-electron chi connectivity index (χ3n) is 2.49. The molecule has 1 aromatic carbocycles. The molecule has 102 valence electrons. The van der Waals surface area contributed by atoms with Gasteiger partial charge in [-0.2, -0.15) is 0 Å². The average molecular weight is 270 g/mol. The van der Waals surface area contributed by atoms with E-state index < -0.39 is 11.9 Å². The van der Waals surface area contributed by atoms with Crippen LogP contribution in [0.15, 0.2) is 54.9 Å². The highest BCUT2D eigenvalue weighted by atomic mass is 16.5. The van der Waals surface area contributed by atoms with Crippen molar-refractivity contribution < 1.29 is 14.3 Å². The molecule has 1 amide bonds. The van der Waals surface area contributed by atoms with E-state index >= 15 is 0 Å². The van der Waals surface area contributed by atoms with E-state index in [1.54, 1.807) is 18.3 Å². The van der Waals surface area contributed by atoms with Crippen LogP contribution < -0.4 is 5.32 Å². The standard InChI is InChI=1S/C15H14N2O3/c18-14(17-13-7-4-8-16-10-13)9-15(19)20-11-12-5-2-1-3-6-12/h1-8,10H,9,11H2,(H,17,18). The average Bonchev–Trinajstić information content (AvgIpc) is 2.47. The number of nitrogens with one attached hydrogen (secondary N) is 1. The van der Waals surface area contributed by atoms with Crippen LogP contribution in [0, 0.1) is 0 Å². The van der Waals surface area contributed by atoms with Gasteiger partial charge in [0.15, 0.2) is 0 Å². The molecule has 2 rings (SSSR count). The highest BCUT2D eigenvalue weighted by molar-refractivity contribution is 6.01. The number of carbonyl (C=O) groups is 2. The molecule has 1 aromatic heterocycles. The summed E-state index contributed by atoms with van der Waals surface area (Å²) in [7, 11) is 0. The zero-order chi connectivity index (χ0) is 14.2. The highest BCUT2D eigenvalue weighted by Crippen LogP contribution is 2.05. The lowest BCUT2D eigenvalue weighted by Gasteiger charge is -2.06. The minimum absolute atomic E-state index is 0.167. The maximum atomic E-state index is 11.6. The number of carbonyl (C=O) groups excluding carboxylic acids is 2. The maximum absolute atomic E-state index is 11.6. The van der Waals surface area contributed by atoms with Gasteiger partial charge >= 0.3 is 5.97 Å². The number of hydrogen-bond acceptors (Lipinski definition) is 4. The van der Waals surface area contributed by atoms with E-state index in [1.165, 1.54) is 6.20 Å². The summed E-state index contributed by atoms with van der Waals surface area (Å²) < 4.78 is 5.02. The maximum Gasteiger partial charge on any atom is 0.315 e. The van der Waals surface area contributed by atoms with Crippen LogP contribution in [0.25, 0.3) is 0 Å². The van der Waals surface area contributed by atoms with Gasteiger partial charge in [0.1, 0.15) is 13.0 Å². The lowest BCUT2D eigenvalue weighted by atomic mass is 10.2. The van der Waals surface area contributed by atoms with Gasteiger partial charge in [-0.3, -0.25) is 14.6 Å². The minimum Gasteiger partial charge on any atom is -0.460 e. The molecule has 0 atom stereocenters. The van der Waals surface area contributed by atoms with Crippen molar-refractivity contribution in [1.82, 2.24) is 4.98 Å². The number of nitrogens with zero attached hydrogens (tertiary/aromatic N) is 1. The molecule has 0 aliphatic carbocycles. The van der Waals surface area contributed by atoms with Gasteiger partial charge in [0.05, 0.1) is 11.9 Å². The molecule has 0 radical (unpaired) electrons. The summed E-state index contributed by atoms with van der Waals surface area (Å²) in [4.78, 5) is 27.0. The third kappa shape index (κ3) is 4.53. The predicted octanol–water partition coefficient (Wildman–Crippen LogP) is 2.15. The number of rotatable bonds is 5. The Bertz CT molecular complexity index is 570. The first-order valence-corrected chi connectivity index (χ1v) is 6.13. The van der Waals surface area contributed by atoms with Crippen molar-refractivity contribution in [2.75, 3.05) is 5.32 Å². The molecule has 1 N–H and O–H groups in total. The molecule has 20 heavy (non-hydrogen) atoms. The SMILES string of the molecule is O=C(CC(=O)OCc1ccccc1)Nc1cccnc1. The van der Waals surface area contributed by atoms with Crippen LogP contribution in [0.4, 0.5) is 5.69 Å². The number of benzene rings is 1. The van der Waals surface area contributed by atoms with E-state index in [2.05, 4.69) is 10.3 Å². The normalized spacial score (nSPS) is 9.80.